The zero-order valence-corrected chi connectivity index (χ0v) is 37.5. The van der Waals surface area contributed by atoms with Gasteiger partial charge in [-0.05, 0) is 28.3 Å². The van der Waals surface area contributed by atoms with Crippen molar-refractivity contribution < 1.29 is 27.9 Å². The highest BCUT2D eigenvalue weighted by atomic mass is 28.4. The average Bonchev–Trinajstić information content (AvgIpc) is 3.82. The summed E-state index contributed by atoms with van der Waals surface area (Å²) in [5.41, 5.74) is -1.20. The second-order valence-electron chi connectivity index (χ2n) is 17.2. The number of unbranched alkanes of at least 4 members (excludes halogenated alkanes) is 12. The number of hydrogen-bond acceptors (Lipinski definition) is 8. The molecule has 1 amide bonds. The fraction of sp³-hybridized carbons (Fsp3) is 0.562. The number of ether oxygens (including phenoxy) is 2. The molecule has 1 fully saturated rings. The predicted octanol–water partition coefficient (Wildman–Crippen LogP) is 9.96. The van der Waals surface area contributed by atoms with Gasteiger partial charge in [-0.25, -0.2) is 4.98 Å². The number of nitrogens with zero attached hydrogens (tertiary/aromatic N) is 4. The van der Waals surface area contributed by atoms with Crippen LogP contribution in [0.15, 0.2) is 67.0 Å². The lowest BCUT2D eigenvalue weighted by Crippen LogP contribution is -2.68. The Hall–Kier alpha value is -4.44. The topological polar surface area (TPSA) is 117 Å². The summed E-state index contributed by atoms with van der Waals surface area (Å²) in [7, 11) is -3.12. The summed E-state index contributed by atoms with van der Waals surface area (Å²) in [4.78, 5) is 39.1. The summed E-state index contributed by atoms with van der Waals surface area (Å²) < 4.78 is 37.2. The maximum atomic E-state index is 15.2. The van der Waals surface area contributed by atoms with Gasteiger partial charge in [-0.3, -0.25) is 14.2 Å². The van der Waals surface area contributed by atoms with Crippen LogP contribution in [0.5, 0.6) is 0 Å². The Morgan fingerprint density at radius 2 is 1.42 bits per heavy atom. The zero-order valence-electron chi connectivity index (χ0n) is 36.5. The van der Waals surface area contributed by atoms with Crippen molar-refractivity contribution in [2.45, 2.75) is 167 Å². The number of halogens is 1. The fourth-order valence-electron chi connectivity index (χ4n) is 8.40. The Balaban J connectivity index is 1.42. The molecule has 1 saturated heterocycles. The van der Waals surface area contributed by atoms with E-state index in [9.17, 15) is 9.59 Å². The van der Waals surface area contributed by atoms with E-state index in [4.69, 9.17) is 20.3 Å². The van der Waals surface area contributed by atoms with Crippen LogP contribution in [0.2, 0.25) is 5.04 Å². The second-order valence-corrected chi connectivity index (χ2v) is 21.5. The van der Waals surface area contributed by atoms with E-state index in [2.05, 4.69) is 85.1 Å². The molecule has 10 nitrogen and oxygen atoms in total. The molecule has 3 unspecified atom stereocenters. The molecule has 0 bridgehead atoms. The Labute approximate surface area is 357 Å². The quantitative estimate of drug-likeness (QED) is 0.0244. The molecule has 3 atom stereocenters. The van der Waals surface area contributed by atoms with Gasteiger partial charge in [0.25, 0.3) is 8.32 Å². The van der Waals surface area contributed by atoms with E-state index in [0.29, 0.717) is 6.42 Å². The third-order valence-corrected chi connectivity index (χ3v) is 16.7. The molecule has 2 aromatic carbocycles. The first-order valence-electron chi connectivity index (χ1n) is 22.3. The lowest BCUT2D eigenvalue weighted by molar-refractivity contribution is -0.158. The standard InChI is InChI=1S/C48H66FN5O5Si/c1-7-10-12-14-16-18-26-32-40(55)51-44-43-45(53-46(49)52-44)54(36-50-43)41-34-39(58-42(56)33-27-19-17-15-13-11-8-2)48(9-3,59-41)35-57-60(47(4,5)6,37-28-22-20-23-29-37)38-30-24-21-25-31-38/h3,20-25,28-31,36,39,41H,7-8,10-19,26-27,32-35H2,1-2,4-6H3,(H,51,52,53,55). The van der Waals surface area contributed by atoms with Crippen LogP contribution >= 0.6 is 0 Å². The average molecular weight is 840 g/mol. The Bertz CT molecular complexity index is 1960. The van der Waals surface area contributed by atoms with Gasteiger partial charge in [0.15, 0.2) is 22.6 Å². The van der Waals surface area contributed by atoms with Crippen LogP contribution in [0.3, 0.4) is 0 Å². The molecule has 1 aliphatic rings. The molecule has 4 aromatic rings. The number of amides is 1. The number of rotatable bonds is 24. The number of hydrogen-bond donors (Lipinski definition) is 1. The largest absolute Gasteiger partial charge is 0.458 e. The van der Waals surface area contributed by atoms with Gasteiger partial charge in [0.1, 0.15) is 12.3 Å². The van der Waals surface area contributed by atoms with Crippen LogP contribution in [0.4, 0.5) is 10.2 Å². The van der Waals surface area contributed by atoms with Gasteiger partial charge in [-0.15, -0.1) is 6.42 Å². The van der Waals surface area contributed by atoms with Crippen molar-refractivity contribution in [3.8, 4) is 12.3 Å². The van der Waals surface area contributed by atoms with E-state index in [-0.39, 0.29) is 59.8 Å². The van der Waals surface area contributed by atoms with Crippen LogP contribution in [0.1, 0.15) is 150 Å². The molecule has 12 heteroatoms. The summed E-state index contributed by atoms with van der Waals surface area (Å²) in [6.45, 7) is 10.8. The SMILES string of the molecule is C#CC1(CO[Si](c2ccccc2)(c2ccccc2)C(C)(C)C)OC(n2cnc3c(NC(=O)CCCCCCCCC)nc(F)nc32)CC1OC(=O)CCCCCCCCC. The summed E-state index contributed by atoms with van der Waals surface area (Å²) in [6, 6.07) is 20.4. The first-order chi connectivity index (χ1) is 29.0. The molecule has 0 saturated carbocycles. The summed E-state index contributed by atoms with van der Waals surface area (Å²) >= 11 is 0. The highest BCUT2D eigenvalue weighted by Gasteiger charge is 2.56. The molecule has 0 spiro atoms. The van der Waals surface area contributed by atoms with Gasteiger partial charge < -0.3 is 19.2 Å². The monoisotopic (exact) mass is 839 g/mol. The van der Waals surface area contributed by atoms with Crippen LogP contribution < -0.4 is 15.7 Å². The molecule has 324 valence electrons. The molecule has 3 heterocycles. The minimum Gasteiger partial charge on any atom is -0.458 e. The van der Waals surface area contributed by atoms with E-state index >= 15 is 4.39 Å². The number of esters is 1. The van der Waals surface area contributed by atoms with Crippen LogP contribution in [-0.4, -0.2) is 58.0 Å². The number of fused-ring (bicyclic) bond motifs is 1. The van der Waals surface area contributed by atoms with E-state index in [1.807, 2.05) is 36.4 Å². The Morgan fingerprint density at radius 3 is 1.97 bits per heavy atom. The number of aromatic nitrogens is 4. The fourth-order valence-corrected chi connectivity index (χ4v) is 13.0. The molecule has 2 aromatic heterocycles. The van der Waals surface area contributed by atoms with Crippen molar-refractivity contribution in [3.63, 3.8) is 0 Å². The number of carbonyl (C=O) groups excluding carboxylic acids is 2. The second kappa shape index (κ2) is 22.4. The highest BCUT2D eigenvalue weighted by molar-refractivity contribution is 6.99. The van der Waals surface area contributed by atoms with Crippen LogP contribution in [0, 0.1) is 18.4 Å². The minimum atomic E-state index is -3.12. The predicted molar refractivity (Wildman–Crippen MR) is 239 cm³/mol. The third kappa shape index (κ3) is 11.7. The van der Waals surface area contributed by atoms with E-state index < -0.39 is 32.3 Å². The molecule has 0 aliphatic carbocycles. The number of terminal acetylenes is 1. The van der Waals surface area contributed by atoms with Gasteiger partial charge in [-0.1, -0.05) is 178 Å². The maximum Gasteiger partial charge on any atom is 0.312 e. The summed E-state index contributed by atoms with van der Waals surface area (Å²) in [5.74, 6) is 2.24. The lowest BCUT2D eigenvalue weighted by atomic mass is 9.98. The van der Waals surface area contributed by atoms with E-state index in [0.717, 1.165) is 55.3 Å². The smallest absolute Gasteiger partial charge is 0.312 e. The molecule has 1 aliphatic heterocycles. The first-order valence-corrected chi connectivity index (χ1v) is 24.2. The van der Waals surface area contributed by atoms with E-state index in [1.165, 1.54) is 44.9 Å². The summed E-state index contributed by atoms with van der Waals surface area (Å²) in [6.07, 6.45) is 20.8. The van der Waals surface area contributed by atoms with Gasteiger partial charge in [-0.2, -0.15) is 14.4 Å². The molecule has 1 N–H and O–H groups in total. The number of benzene rings is 2. The molecular weight excluding hydrogens is 774 g/mol. The number of carbonyl (C=O) groups is 2. The number of nitrogens with one attached hydrogen (secondary N) is 1. The first kappa shape index (κ1) is 46.6. The normalized spacial score (nSPS) is 18.1. The Morgan fingerprint density at radius 1 is 0.867 bits per heavy atom. The van der Waals surface area contributed by atoms with Gasteiger partial charge in [0.2, 0.25) is 5.91 Å². The van der Waals surface area contributed by atoms with Gasteiger partial charge >= 0.3 is 12.0 Å². The number of imidazole rings is 1. The van der Waals surface area contributed by atoms with Crippen molar-refractivity contribution >= 4 is 47.5 Å². The zero-order chi connectivity index (χ0) is 43.0. The number of anilines is 1. The van der Waals surface area contributed by atoms with Crippen LogP contribution in [0.25, 0.3) is 11.2 Å². The highest BCUT2D eigenvalue weighted by Crippen LogP contribution is 2.43. The van der Waals surface area contributed by atoms with E-state index in [1.54, 1.807) is 4.57 Å². The lowest BCUT2D eigenvalue weighted by Gasteiger charge is -2.44. The van der Waals surface area contributed by atoms with Crippen molar-refractivity contribution in [3.05, 3.63) is 73.1 Å². The molecular formula is C48H66FN5O5Si. The maximum absolute atomic E-state index is 15.2. The van der Waals surface area contributed by atoms with Gasteiger partial charge in [0, 0.05) is 19.3 Å². The minimum absolute atomic E-state index is 0.0157. The van der Waals surface area contributed by atoms with Crippen LogP contribution in [-0.2, 0) is 23.5 Å². The molecule has 60 heavy (non-hydrogen) atoms. The van der Waals surface area contributed by atoms with Gasteiger partial charge in [0.05, 0.1) is 12.9 Å². The molecule has 5 rings (SSSR count). The van der Waals surface area contributed by atoms with Crippen molar-refractivity contribution in [2.24, 2.45) is 0 Å². The summed E-state index contributed by atoms with van der Waals surface area (Å²) in [5, 5.41) is 4.52. The van der Waals surface area contributed by atoms with Crippen molar-refractivity contribution in [1.82, 2.24) is 19.5 Å². The Kier molecular flexibility index (Phi) is 17.4. The third-order valence-electron chi connectivity index (χ3n) is 11.7. The molecule has 0 radical (unpaired) electrons. The van der Waals surface area contributed by atoms with Crippen molar-refractivity contribution in [1.29, 1.82) is 0 Å². The van der Waals surface area contributed by atoms with Crippen molar-refractivity contribution in [2.75, 3.05) is 11.9 Å².